The molecular weight excluding hydrogens is 302 g/mol. The summed E-state index contributed by atoms with van der Waals surface area (Å²) in [7, 11) is 4.15. The molecule has 2 aliphatic rings. The summed E-state index contributed by atoms with van der Waals surface area (Å²) in [6.07, 6.45) is 16.3. The van der Waals surface area contributed by atoms with Crippen molar-refractivity contribution in [2.24, 2.45) is 0 Å². The van der Waals surface area contributed by atoms with Crippen LogP contribution >= 0.6 is 0 Å². The molecule has 2 saturated carbocycles. The molecule has 1 heterocycles. The van der Waals surface area contributed by atoms with Gasteiger partial charge in [0.05, 0.1) is 5.92 Å². The van der Waals surface area contributed by atoms with Crippen LogP contribution in [0.15, 0.2) is 16.5 Å². The molecule has 0 spiro atoms. The summed E-state index contributed by atoms with van der Waals surface area (Å²) >= 11 is 0. The van der Waals surface area contributed by atoms with Crippen molar-refractivity contribution in [3.63, 3.8) is 0 Å². The van der Waals surface area contributed by atoms with E-state index in [0.717, 1.165) is 18.1 Å². The van der Waals surface area contributed by atoms with Crippen LogP contribution in [0.25, 0.3) is 0 Å². The standard InChI is InChI=1S/C13H16NO.C5H5.Fe/c1-10-7-8-13(15-10)12-6-4-5-11(12)9-14(2)3;1-2-4-5-3-1;/h4-8H,9H2,1-3H3;1-5H;. The molecule has 1 aromatic rings. The van der Waals surface area contributed by atoms with Crippen molar-refractivity contribution in [3.05, 3.63) is 86.9 Å². The maximum absolute atomic E-state index is 5.63. The molecule has 2 aliphatic carbocycles. The summed E-state index contributed by atoms with van der Waals surface area (Å²) in [5.41, 5.74) is 0. The number of rotatable bonds is 3. The molecule has 21 heavy (non-hydrogen) atoms. The van der Waals surface area contributed by atoms with Gasteiger partial charge in [-0.15, -0.1) is 0 Å². The topological polar surface area (TPSA) is 16.4 Å². The third-order valence-electron chi connectivity index (χ3n) is 2.95. The first-order chi connectivity index (χ1) is 9.66. The van der Waals surface area contributed by atoms with E-state index in [-0.39, 0.29) is 17.1 Å². The molecule has 1 aromatic heterocycles. The van der Waals surface area contributed by atoms with E-state index in [0.29, 0.717) is 0 Å². The third kappa shape index (κ3) is 6.18. The first-order valence-electron chi connectivity index (χ1n) is 6.79. The van der Waals surface area contributed by atoms with Gasteiger partial charge >= 0.3 is 0 Å². The van der Waals surface area contributed by atoms with Crippen LogP contribution in [0.1, 0.15) is 11.5 Å². The summed E-state index contributed by atoms with van der Waals surface area (Å²) in [4.78, 5) is 2.16. The Bertz CT molecular complexity index is 377. The van der Waals surface area contributed by atoms with Crippen LogP contribution in [0.4, 0.5) is 0 Å². The van der Waals surface area contributed by atoms with Gasteiger partial charge in [0.25, 0.3) is 0 Å². The van der Waals surface area contributed by atoms with Gasteiger partial charge in [-0.25, -0.2) is 0 Å². The normalized spacial score (nSPS) is 19.4. The fraction of sp³-hybridized carbons (Fsp3) is 0.222. The Morgan fingerprint density at radius 3 is 2.00 bits per heavy atom. The van der Waals surface area contributed by atoms with Crippen molar-refractivity contribution in [2.45, 2.75) is 6.92 Å². The van der Waals surface area contributed by atoms with Gasteiger partial charge in [0.1, 0.15) is 11.5 Å². The first kappa shape index (κ1) is 18.8. The second kappa shape index (κ2) is 9.71. The van der Waals surface area contributed by atoms with E-state index in [2.05, 4.69) is 38.3 Å². The average molecular weight is 323 g/mol. The molecule has 0 unspecified atom stereocenters. The Morgan fingerprint density at radius 1 is 0.905 bits per heavy atom. The van der Waals surface area contributed by atoms with Gasteiger partial charge < -0.3 is 9.32 Å². The van der Waals surface area contributed by atoms with Crippen LogP contribution in [-0.2, 0) is 17.1 Å². The average Bonchev–Trinajstić information content (AvgIpc) is 3.09. The SMILES string of the molecule is Cc1ccc([C]2[CH][CH][CH][C]2CN(C)C)o1.[CH]1[CH][CH][CH][CH]1.[Fe]. The first-order valence-corrected chi connectivity index (χ1v) is 6.79. The molecule has 2 nitrogen and oxygen atoms in total. The summed E-state index contributed by atoms with van der Waals surface area (Å²) in [6.45, 7) is 2.92. The minimum atomic E-state index is 0. The van der Waals surface area contributed by atoms with Crippen molar-refractivity contribution < 1.29 is 21.5 Å². The van der Waals surface area contributed by atoms with Crippen molar-refractivity contribution in [1.29, 1.82) is 0 Å². The van der Waals surface area contributed by atoms with Crippen molar-refractivity contribution >= 4 is 0 Å². The summed E-state index contributed by atoms with van der Waals surface area (Å²) < 4.78 is 5.63. The van der Waals surface area contributed by atoms with E-state index in [1.165, 1.54) is 11.8 Å². The number of nitrogens with zero attached hydrogens (tertiary/aromatic N) is 1. The van der Waals surface area contributed by atoms with Crippen LogP contribution in [0, 0.1) is 70.1 Å². The Labute approximate surface area is 141 Å². The Morgan fingerprint density at radius 2 is 1.52 bits per heavy atom. The number of furan rings is 1. The molecule has 0 aromatic carbocycles. The molecule has 3 heteroatoms. The molecule has 0 N–H and O–H groups in total. The summed E-state index contributed by atoms with van der Waals surface area (Å²) in [5, 5.41) is 0. The van der Waals surface area contributed by atoms with E-state index >= 15 is 0 Å². The predicted molar refractivity (Wildman–Crippen MR) is 82.0 cm³/mol. The quantitative estimate of drug-likeness (QED) is 0.794. The maximum atomic E-state index is 5.63. The minimum Gasteiger partial charge on any atom is -0.466 e. The number of hydrogen-bond acceptors (Lipinski definition) is 2. The van der Waals surface area contributed by atoms with E-state index in [1.807, 2.05) is 51.2 Å². The second-order valence-corrected chi connectivity index (χ2v) is 5.08. The van der Waals surface area contributed by atoms with Gasteiger partial charge in [-0.3, -0.25) is 0 Å². The smallest absolute Gasteiger partial charge is 0.112 e. The zero-order chi connectivity index (χ0) is 14.4. The maximum Gasteiger partial charge on any atom is 0.112 e. The van der Waals surface area contributed by atoms with Gasteiger partial charge in [0.15, 0.2) is 0 Å². The Hall–Kier alpha value is -0.241. The van der Waals surface area contributed by atoms with Gasteiger partial charge in [-0.2, -0.15) is 0 Å². The zero-order valence-corrected chi connectivity index (χ0v) is 13.8. The van der Waals surface area contributed by atoms with E-state index in [4.69, 9.17) is 4.42 Å². The van der Waals surface area contributed by atoms with Crippen LogP contribution in [0.5, 0.6) is 0 Å². The summed E-state index contributed by atoms with van der Waals surface area (Å²) in [6, 6.07) is 4.03. The second-order valence-electron chi connectivity index (χ2n) is 5.08. The number of aryl methyl sites for hydroxylation is 1. The van der Waals surface area contributed by atoms with Crippen LogP contribution < -0.4 is 0 Å². The van der Waals surface area contributed by atoms with Crippen LogP contribution in [0.3, 0.4) is 0 Å². The molecule has 0 amide bonds. The van der Waals surface area contributed by atoms with Crippen molar-refractivity contribution in [1.82, 2.24) is 4.90 Å². The molecular formula is C18H21FeNO. The van der Waals surface area contributed by atoms with Crippen LogP contribution in [-0.4, -0.2) is 25.5 Å². The molecule has 0 bridgehead atoms. The molecule has 10 radical (unpaired) electrons. The van der Waals surface area contributed by atoms with Crippen LogP contribution in [0.2, 0.25) is 0 Å². The molecule has 3 rings (SSSR count). The van der Waals surface area contributed by atoms with Gasteiger partial charge in [0, 0.05) is 29.5 Å². The Balaban J connectivity index is 0.000000313. The molecule has 0 saturated heterocycles. The largest absolute Gasteiger partial charge is 0.466 e. The Kier molecular flexibility index (Phi) is 8.70. The molecule has 0 aliphatic heterocycles. The monoisotopic (exact) mass is 323 g/mol. The number of hydrogen-bond donors (Lipinski definition) is 0. The predicted octanol–water partition coefficient (Wildman–Crippen LogP) is 3.29. The van der Waals surface area contributed by atoms with E-state index in [9.17, 15) is 0 Å². The molecule has 112 valence electrons. The van der Waals surface area contributed by atoms with Gasteiger partial charge in [-0.05, 0) is 84.5 Å². The fourth-order valence-corrected chi connectivity index (χ4v) is 2.08. The van der Waals surface area contributed by atoms with E-state index < -0.39 is 0 Å². The summed E-state index contributed by atoms with van der Waals surface area (Å²) in [5.74, 6) is 4.45. The molecule has 0 atom stereocenters. The van der Waals surface area contributed by atoms with E-state index in [1.54, 1.807) is 0 Å². The zero-order valence-electron chi connectivity index (χ0n) is 12.7. The van der Waals surface area contributed by atoms with Gasteiger partial charge in [0.2, 0.25) is 0 Å². The minimum absolute atomic E-state index is 0. The fourth-order valence-electron chi connectivity index (χ4n) is 2.08. The third-order valence-corrected chi connectivity index (χ3v) is 2.95. The molecule has 2 fully saturated rings. The van der Waals surface area contributed by atoms with Crippen molar-refractivity contribution in [2.75, 3.05) is 20.6 Å². The van der Waals surface area contributed by atoms with Crippen molar-refractivity contribution in [3.8, 4) is 0 Å². The van der Waals surface area contributed by atoms with Gasteiger partial charge in [-0.1, -0.05) is 0 Å².